The molecule has 1 heterocycles. The third-order valence-corrected chi connectivity index (χ3v) is 4.50. The summed E-state index contributed by atoms with van der Waals surface area (Å²) in [7, 11) is 0. The lowest BCUT2D eigenvalue weighted by atomic mass is 10.1. The summed E-state index contributed by atoms with van der Waals surface area (Å²) in [6.45, 7) is 5.64. The van der Waals surface area contributed by atoms with E-state index in [-0.39, 0.29) is 17.9 Å². The highest BCUT2D eigenvalue weighted by Gasteiger charge is 2.28. The van der Waals surface area contributed by atoms with Crippen molar-refractivity contribution >= 4 is 12.0 Å². The Bertz CT molecular complexity index is 952. The van der Waals surface area contributed by atoms with E-state index in [0.29, 0.717) is 5.56 Å². The SMILES string of the molecule is CCCn1c(C)cc(/C=C(\C#N)C(=O)NCc2ccc(OCC(F)(F)F)cc2)c1C. The first-order valence-electron chi connectivity index (χ1n) is 9.49. The van der Waals surface area contributed by atoms with Crippen molar-refractivity contribution in [3.63, 3.8) is 0 Å². The number of hydrogen-bond donors (Lipinski definition) is 1. The summed E-state index contributed by atoms with van der Waals surface area (Å²) in [5.74, 6) is -0.433. The van der Waals surface area contributed by atoms with Crippen LogP contribution in [0.4, 0.5) is 13.2 Å². The van der Waals surface area contributed by atoms with Gasteiger partial charge in [0.25, 0.3) is 5.91 Å². The lowest BCUT2D eigenvalue weighted by Crippen LogP contribution is -2.24. The topological polar surface area (TPSA) is 67.0 Å². The number of halogens is 3. The van der Waals surface area contributed by atoms with Crippen LogP contribution >= 0.6 is 0 Å². The zero-order valence-corrected chi connectivity index (χ0v) is 17.1. The molecule has 0 unspecified atom stereocenters. The van der Waals surface area contributed by atoms with Crippen LogP contribution in [0.1, 0.15) is 35.9 Å². The second-order valence-electron chi connectivity index (χ2n) is 6.88. The number of rotatable bonds is 8. The highest BCUT2D eigenvalue weighted by molar-refractivity contribution is 6.01. The molecule has 2 aromatic rings. The highest BCUT2D eigenvalue weighted by atomic mass is 19.4. The number of nitrogens with zero attached hydrogens (tertiary/aromatic N) is 2. The van der Waals surface area contributed by atoms with E-state index in [2.05, 4.69) is 21.5 Å². The van der Waals surface area contributed by atoms with Crippen molar-refractivity contribution in [2.45, 2.75) is 46.5 Å². The Morgan fingerprint density at radius 3 is 2.50 bits per heavy atom. The summed E-state index contributed by atoms with van der Waals surface area (Å²) in [6.07, 6.45) is -1.86. The van der Waals surface area contributed by atoms with Gasteiger partial charge in [-0.05, 0) is 55.7 Å². The normalized spacial score (nSPS) is 11.8. The number of nitrogens with one attached hydrogen (secondary N) is 1. The second kappa shape index (κ2) is 10.0. The summed E-state index contributed by atoms with van der Waals surface area (Å²) < 4.78 is 43.3. The standard InChI is InChI=1S/C22H24F3N3O2/c1-4-9-28-15(2)10-18(16(28)3)11-19(12-26)21(29)27-13-17-5-7-20(8-6-17)30-14-22(23,24)25/h5-8,10-11H,4,9,13-14H2,1-3H3,(H,27,29)/b19-11+. The first-order chi connectivity index (χ1) is 14.1. The molecule has 8 heteroatoms. The lowest BCUT2D eigenvalue weighted by Gasteiger charge is -2.10. The lowest BCUT2D eigenvalue weighted by molar-refractivity contribution is -0.153. The quantitative estimate of drug-likeness (QED) is 0.499. The predicted molar refractivity (Wildman–Crippen MR) is 108 cm³/mol. The van der Waals surface area contributed by atoms with Gasteiger partial charge in [0, 0.05) is 24.5 Å². The van der Waals surface area contributed by atoms with E-state index in [1.807, 2.05) is 26.0 Å². The van der Waals surface area contributed by atoms with Gasteiger partial charge >= 0.3 is 6.18 Å². The van der Waals surface area contributed by atoms with Crippen LogP contribution in [-0.4, -0.2) is 23.3 Å². The average molecular weight is 419 g/mol. The molecule has 30 heavy (non-hydrogen) atoms. The van der Waals surface area contributed by atoms with Crippen LogP contribution in [0.2, 0.25) is 0 Å². The van der Waals surface area contributed by atoms with Gasteiger partial charge in [0.1, 0.15) is 17.4 Å². The Kier molecular flexibility index (Phi) is 7.70. The minimum atomic E-state index is -4.40. The monoisotopic (exact) mass is 419 g/mol. The van der Waals surface area contributed by atoms with Gasteiger partial charge in [-0.15, -0.1) is 0 Å². The number of alkyl halides is 3. The van der Waals surface area contributed by atoms with Crippen molar-refractivity contribution in [2.24, 2.45) is 0 Å². The molecule has 0 saturated heterocycles. The first kappa shape index (κ1) is 23.1. The second-order valence-corrected chi connectivity index (χ2v) is 6.88. The van der Waals surface area contributed by atoms with Gasteiger partial charge in [-0.1, -0.05) is 19.1 Å². The number of aromatic nitrogens is 1. The highest BCUT2D eigenvalue weighted by Crippen LogP contribution is 2.20. The van der Waals surface area contributed by atoms with Crippen LogP contribution in [-0.2, 0) is 17.9 Å². The van der Waals surface area contributed by atoms with Gasteiger partial charge in [0.05, 0.1) is 0 Å². The molecule has 1 N–H and O–H groups in total. The Labute approximate surface area is 173 Å². The van der Waals surface area contributed by atoms with E-state index >= 15 is 0 Å². The average Bonchev–Trinajstić information content (AvgIpc) is 2.96. The predicted octanol–water partition coefficient (Wildman–Crippen LogP) is 4.68. The fraction of sp³-hybridized carbons (Fsp3) is 0.364. The molecule has 0 bridgehead atoms. The fourth-order valence-electron chi connectivity index (χ4n) is 2.99. The summed E-state index contributed by atoms with van der Waals surface area (Å²) in [5, 5.41) is 12.0. The van der Waals surface area contributed by atoms with Crippen molar-refractivity contribution in [3.05, 3.63) is 58.4 Å². The van der Waals surface area contributed by atoms with Gasteiger partial charge in [-0.2, -0.15) is 18.4 Å². The minimum Gasteiger partial charge on any atom is -0.484 e. The van der Waals surface area contributed by atoms with Crippen molar-refractivity contribution in [1.82, 2.24) is 9.88 Å². The molecule has 2 rings (SSSR count). The molecule has 0 radical (unpaired) electrons. The molecule has 1 aromatic carbocycles. The molecule has 5 nitrogen and oxygen atoms in total. The maximum atomic E-state index is 12.4. The Morgan fingerprint density at radius 2 is 1.93 bits per heavy atom. The molecule has 1 amide bonds. The van der Waals surface area contributed by atoms with Crippen LogP contribution in [0, 0.1) is 25.2 Å². The van der Waals surface area contributed by atoms with Gasteiger partial charge in [0.15, 0.2) is 6.61 Å². The number of amides is 1. The Hall–Kier alpha value is -3.21. The summed E-state index contributed by atoms with van der Waals surface area (Å²) in [5.41, 5.74) is 3.52. The Morgan fingerprint density at radius 1 is 1.27 bits per heavy atom. The van der Waals surface area contributed by atoms with Crippen LogP contribution in [0.5, 0.6) is 5.75 Å². The van der Waals surface area contributed by atoms with Gasteiger partial charge in [0.2, 0.25) is 0 Å². The van der Waals surface area contributed by atoms with Crippen molar-refractivity contribution in [2.75, 3.05) is 6.61 Å². The molecule has 1 aromatic heterocycles. The van der Waals surface area contributed by atoms with E-state index in [0.717, 1.165) is 29.9 Å². The van der Waals surface area contributed by atoms with E-state index in [1.165, 1.54) is 12.1 Å². The van der Waals surface area contributed by atoms with Crippen molar-refractivity contribution in [1.29, 1.82) is 5.26 Å². The van der Waals surface area contributed by atoms with E-state index in [4.69, 9.17) is 0 Å². The van der Waals surface area contributed by atoms with Crippen LogP contribution in [0.3, 0.4) is 0 Å². The summed E-state index contributed by atoms with van der Waals surface area (Å²) in [6, 6.07) is 9.78. The first-order valence-corrected chi connectivity index (χ1v) is 9.49. The smallest absolute Gasteiger partial charge is 0.422 e. The molecule has 160 valence electrons. The molecule has 0 aliphatic heterocycles. The fourth-order valence-corrected chi connectivity index (χ4v) is 2.99. The maximum Gasteiger partial charge on any atom is 0.422 e. The summed E-state index contributed by atoms with van der Waals surface area (Å²) >= 11 is 0. The zero-order valence-electron chi connectivity index (χ0n) is 17.1. The van der Waals surface area contributed by atoms with Crippen LogP contribution in [0.15, 0.2) is 35.9 Å². The molecular weight excluding hydrogens is 395 g/mol. The van der Waals surface area contributed by atoms with Crippen molar-refractivity contribution in [3.8, 4) is 11.8 Å². The summed E-state index contributed by atoms with van der Waals surface area (Å²) in [4.78, 5) is 12.4. The third-order valence-electron chi connectivity index (χ3n) is 4.50. The molecule has 0 aliphatic rings. The van der Waals surface area contributed by atoms with E-state index in [9.17, 15) is 23.2 Å². The van der Waals surface area contributed by atoms with Crippen LogP contribution < -0.4 is 10.1 Å². The van der Waals surface area contributed by atoms with Gasteiger partial charge in [-0.3, -0.25) is 4.79 Å². The van der Waals surface area contributed by atoms with Crippen LogP contribution in [0.25, 0.3) is 6.08 Å². The number of benzene rings is 1. The molecule has 0 fully saturated rings. The Balaban J connectivity index is 2.02. The molecule has 0 atom stereocenters. The number of aryl methyl sites for hydroxylation is 1. The maximum absolute atomic E-state index is 12.4. The number of ether oxygens (including phenoxy) is 1. The molecule has 0 saturated carbocycles. The van der Waals surface area contributed by atoms with Gasteiger partial charge < -0.3 is 14.6 Å². The number of carbonyl (C=O) groups excluding carboxylic acids is 1. The minimum absolute atomic E-state index is 0.0168. The van der Waals surface area contributed by atoms with E-state index in [1.54, 1.807) is 18.2 Å². The molecule has 0 spiro atoms. The third kappa shape index (κ3) is 6.41. The number of carbonyl (C=O) groups is 1. The molecule has 0 aliphatic carbocycles. The number of nitriles is 1. The van der Waals surface area contributed by atoms with Gasteiger partial charge in [-0.25, -0.2) is 0 Å². The van der Waals surface area contributed by atoms with E-state index < -0.39 is 18.7 Å². The molecular formula is C22H24F3N3O2. The number of hydrogen-bond acceptors (Lipinski definition) is 3. The largest absolute Gasteiger partial charge is 0.484 e. The van der Waals surface area contributed by atoms with Crippen molar-refractivity contribution < 1.29 is 22.7 Å². The zero-order chi connectivity index (χ0) is 22.3.